The first-order chi connectivity index (χ1) is 17.8. The molecule has 0 aliphatic rings. The Bertz CT molecular complexity index is 1420. The van der Waals surface area contributed by atoms with Crippen LogP contribution in [-0.4, -0.2) is 29.3 Å². The number of aromatic nitrogens is 2. The minimum absolute atomic E-state index is 0.118. The van der Waals surface area contributed by atoms with Crippen molar-refractivity contribution < 1.29 is 18.7 Å². The molecular weight excluding hydrogens is 475 g/mol. The Morgan fingerprint density at radius 1 is 0.973 bits per heavy atom. The molecule has 3 aromatic carbocycles. The zero-order valence-corrected chi connectivity index (χ0v) is 20.7. The van der Waals surface area contributed by atoms with Crippen LogP contribution in [0.3, 0.4) is 0 Å². The average Bonchev–Trinajstić information content (AvgIpc) is 2.91. The van der Waals surface area contributed by atoms with Crippen molar-refractivity contribution in [1.29, 1.82) is 0 Å². The lowest BCUT2D eigenvalue weighted by Gasteiger charge is -2.15. The number of nitrogens with one attached hydrogen (secondary N) is 2. The number of benzene rings is 3. The third-order valence-corrected chi connectivity index (χ3v) is 5.39. The maximum atomic E-state index is 13.5. The second-order valence-corrected chi connectivity index (χ2v) is 8.66. The summed E-state index contributed by atoms with van der Waals surface area (Å²) in [6.07, 6.45) is 1.41. The summed E-state index contributed by atoms with van der Waals surface area (Å²) < 4.78 is 25.7. The third-order valence-electron chi connectivity index (χ3n) is 5.39. The van der Waals surface area contributed by atoms with Crippen LogP contribution in [0.25, 0.3) is 5.69 Å². The molecule has 190 valence electrons. The van der Waals surface area contributed by atoms with Crippen molar-refractivity contribution in [2.24, 2.45) is 5.92 Å². The first-order valence-corrected chi connectivity index (χ1v) is 11.7. The number of nitrogens with zero attached hydrogens (tertiary/aromatic N) is 2. The number of methoxy groups -OCH3 is 1. The van der Waals surface area contributed by atoms with Gasteiger partial charge < -0.3 is 20.1 Å². The first-order valence-electron chi connectivity index (χ1n) is 11.7. The summed E-state index contributed by atoms with van der Waals surface area (Å²) in [5, 5.41) is 10.2. The summed E-state index contributed by atoms with van der Waals surface area (Å²) in [5.74, 6) is 1.06. The van der Waals surface area contributed by atoms with Gasteiger partial charge in [-0.25, -0.2) is 4.39 Å². The molecule has 0 saturated carbocycles. The number of carbonyl (C=O) groups excluding carboxylic acids is 1. The van der Waals surface area contributed by atoms with Gasteiger partial charge in [-0.3, -0.25) is 9.59 Å². The average molecular weight is 503 g/mol. The molecule has 4 aromatic rings. The summed E-state index contributed by atoms with van der Waals surface area (Å²) in [6.45, 7) is 4.61. The smallest absolute Gasteiger partial charge is 0.299 e. The predicted octanol–water partition coefficient (Wildman–Crippen LogP) is 5.30. The molecule has 8 nitrogen and oxygen atoms in total. The number of amides is 1. The number of carbonyl (C=O) groups is 1. The van der Waals surface area contributed by atoms with Crippen LogP contribution in [0.4, 0.5) is 15.8 Å². The molecule has 0 aliphatic carbocycles. The summed E-state index contributed by atoms with van der Waals surface area (Å²) in [5.41, 5.74) is 1.07. The molecule has 0 unspecified atom stereocenters. The maximum Gasteiger partial charge on any atom is 0.299 e. The molecule has 2 N–H and O–H groups in total. The van der Waals surface area contributed by atoms with Crippen molar-refractivity contribution in [2.75, 3.05) is 19.0 Å². The highest BCUT2D eigenvalue weighted by Gasteiger charge is 2.16. The number of rotatable bonds is 9. The van der Waals surface area contributed by atoms with Gasteiger partial charge in [-0.05, 0) is 78.7 Å². The second-order valence-electron chi connectivity index (χ2n) is 8.66. The Morgan fingerprint density at radius 3 is 2.24 bits per heavy atom. The van der Waals surface area contributed by atoms with Gasteiger partial charge in [0.15, 0.2) is 11.4 Å². The van der Waals surface area contributed by atoms with Gasteiger partial charge in [0.05, 0.1) is 19.0 Å². The lowest BCUT2D eigenvalue weighted by atomic mass is 10.1. The third kappa shape index (κ3) is 6.32. The number of hydrogen-bond donors (Lipinski definition) is 2. The topological polar surface area (TPSA) is 94.5 Å². The zero-order chi connectivity index (χ0) is 26.4. The molecule has 0 fully saturated rings. The Labute approximate surface area is 213 Å². The number of anilines is 2. The fourth-order valence-corrected chi connectivity index (χ4v) is 3.42. The Balaban J connectivity index is 1.67. The van der Waals surface area contributed by atoms with Crippen molar-refractivity contribution in [1.82, 2.24) is 15.1 Å². The molecule has 9 heteroatoms. The van der Waals surface area contributed by atoms with Gasteiger partial charge in [0.2, 0.25) is 0 Å². The van der Waals surface area contributed by atoms with Crippen LogP contribution in [0.1, 0.15) is 24.2 Å². The molecule has 0 atom stereocenters. The van der Waals surface area contributed by atoms with Gasteiger partial charge in [-0.2, -0.15) is 9.78 Å². The summed E-state index contributed by atoms with van der Waals surface area (Å²) >= 11 is 0. The fourth-order valence-electron chi connectivity index (χ4n) is 3.42. The van der Waals surface area contributed by atoms with Crippen molar-refractivity contribution in [2.45, 2.75) is 13.8 Å². The van der Waals surface area contributed by atoms with Crippen molar-refractivity contribution in [3.05, 3.63) is 101 Å². The normalized spacial score (nSPS) is 10.7. The van der Waals surface area contributed by atoms with E-state index in [0.717, 1.165) is 4.68 Å². The molecule has 0 bridgehead atoms. The largest absolute Gasteiger partial charge is 0.497 e. The van der Waals surface area contributed by atoms with E-state index < -0.39 is 11.4 Å². The number of hydrogen-bond acceptors (Lipinski definition) is 6. The van der Waals surface area contributed by atoms with E-state index >= 15 is 0 Å². The molecule has 1 aromatic heterocycles. The minimum atomic E-state index is -0.503. The van der Waals surface area contributed by atoms with Gasteiger partial charge in [-0.1, -0.05) is 13.8 Å². The molecule has 4 rings (SSSR count). The van der Waals surface area contributed by atoms with Gasteiger partial charge in [-0.15, -0.1) is 0 Å². The van der Waals surface area contributed by atoms with Crippen LogP contribution >= 0.6 is 0 Å². The van der Waals surface area contributed by atoms with Crippen LogP contribution < -0.4 is 25.7 Å². The maximum absolute atomic E-state index is 13.5. The highest BCUT2D eigenvalue weighted by atomic mass is 19.1. The summed E-state index contributed by atoms with van der Waals surface area (Å²) in [6, 6.07) is 19.0. The highest BCUT2D eigenvalue weighted by Crippen LogP contribution is 2.30. The molecule has 37 heavy (non-hydrogen) atoms. The van der Waals surface area contributed by atoms with E-state index in [9.17, 15) is 14.0 Å². The van der Waals surface area contributed by atoms with E-state index in [2.05, 4.69) is 15.7 Å². The highest BCUT2D eigenvalue weighted by molar-refractivity contribution is 5.94. The quantitative estimate of drug-likeness (QED) is 0.323. The number of halogens is 1. The fraction of sp³-hybridized carbons (Fsp3) is 0.179. The van der Waals surface area contributed by atoms with Crippen molar-refractivity contribution in [3.8, 4) is 22.9 Å². The molecule has 0 radical (unpaired) electrons. The van der Waals surface area contributed by atoms with E-state index in [4.69, 9.17) is 9.47 Å². The van der Waals surface area contributed by atoms with E-state index in [1.54, 1.807) is 55.6 Å². The predicted molar refractivity (Wildman–Crippen MR) is 140 cm³/mol. The molecular formula is C28H27FN4O4. The molecule has 0 aliphatic heterocycles. The van der Waals surface area contributed by atoms with Gasteiger partial charge in [0, 0.05) is 17.8 Å². The summed E-state index contributed by atoms with van der Waals surface area (Å²) in [4.78, 5) is 25.8. The van der Waals surface area contributed by atoms with Gasteiger partial charge in [0.1, 0.15) is 17.3 Å². The number of ether oxygens (including phenoxy) is 2. The molecule has 1 amide bonds. The van der Waals surface area contributed by atoms with E-state index in [0.29, 0.717) is 40.9 Å². The molecule has 1 heterocycles. The lowest BCUT2D eigenvalue weighted by molar-refractivity contribution is 0.0949. The summed E-state index contributed by atoms with van der Waals surface area (Å²) in [7, 11) is 1.57. The van der Waals surface area contributed by atoms with Crippen LogP contribution in [0.15, 0.2) is 83.8 Å². The van der Waals surface area contributed by atoms with Crippen LogP contribution in [0, 0.1) is 11.7 Å². The van der Waals surface area contributed by atoms with E-state index in [1.165, 1.54) is 30.5 Å². The van der Waals surface area contributed by atoms with Crippen LogP contribution in [0.5, 0.6) is 17.2 Å². The monoisotopic (exact) mass is 502 g/mol. The Kier molecular flexibility index (Phi) is 7.83. The van der Waals surface area contributed by atoms with Crippen molar-refractivity contribution >= 4 is 17.3 Å². The SMILES string of the molecule is COc1ccc(Oc2cnn(-c3ccc(F)cc3)c(=O)c2Nc2ccc(C(=O)NCC(C)C)cc2)cc1. The molecule has 0 saturated heterocycles. The first kappa shape index (κ1) is 25.4. The van der Waals surface area contributed by atoms with E-state index in [1.807, 2.05) is 13.8 Å². The zero-order valence-electron chi connectivity index (χ0n) is 20.7. The minimum Gasteiger partial charge on any atom is -0.497 e. The van der Waals surface area contributed by atoms with Gasteiger partial charge >= 0.3 is 0 Å². The van der Waals surface area contributed by atoms with E-state index in [-0.39, 0.29) is 17.3 Å². The standard InChI is InChI=1S/C28H27FN4O4/c1-18(2)16-30-27(34)19-4-8-21(9-5-19)32-26-25(37-24-14-12-23(36-3)13-15-24)17-31-33(28(26)35)22-10-6-20(29)7-11-22/h4-15,17-18,32H,16H2,1-3H3,(H,30,34). The van der Waals surface area contributed by atoms with Crippen LogP contribution in [-0.2, 0) is 0 Å². The molecule has 0 spiro atoms. The Hall–Kier alpha value is -4.66. The second kappa shape index (κ2) is 11.4. The van der Waals surface area contributed by atoms with Crippen molar-refractivity contribution in [3.63, 3.8) is 0 Å². The van der Waals surface area contributed by atoms with Gasteiger partial charge in [0.25, 0.3) is 11.5 Å². The lowest BCUT2D eigenvalue weighted by Crippen LogP contribution is -2.27. The Morgan fingerprint density at radius 2 is 1.62 bits per heavy atom. The van der Waals surface area contributed by atoms with Crippen LogP contribution in [0.2, 0.25) is 0 Å².